The summed E-state index contributed by atoms with van der Waals surface area (Å²) in [6.45, 7) is 0.288. The maximum Gasteiger partial charge on any atom is 0.200 e. The van der Waals surface area contributed by atoms with Crippen LogP contribution in [0, 0.1) is 16.5 Å². The molecule has 0 bridgehead atoms. The maximum atomic E-state index is 13.8. The van der Waals surface area contributed by atoms with Crippen LogP contribution in [0.4, 0.5) is 4.39 Å². The van der Waals surface area contributed by atoms with Gasteiger partial charge in [-0.15, -0.1) is 0 Å². The van der Waals surface area contributed by atoms with Gasteiger partial charge in [0.05, 0.1) is 6.54 Å². The minimum absolute atomic E-state index is 0.288. The lowest BCUT2D eigenvalue weighted by molar-refractivity contribution is 0.256. The third-order valence-electron chi connectivity index (χ3n) is 4.30. The molecular formula is C18H12ClFN4OS. The van der Waals surface area contributed by atoms with Gasteiger partial charge in [-0.3, -0.25) is 0 Å². The normalized spacial score (nSPS) is 21.3. The molecule has 0 N–H and O–H groups in total. The zero-order chi connectivity index (χ0) is 18.1. The minimum atomic E-state index is -0.828. The molecule has 1 saturated heterocycles. The minimum Gasteiger partial charge on any atom is -0.354 e. The van der Waals surface area contributed by atoms with Crippen molar-refractivity contribution in [1.29, 1.82) is 5.26 Å². The molecule has 2 heterocycles. The average Bonchev–Trinajstić information content (AvgIpc) is 3.20. The first-order valence-corrected chi connectivity index (χ1v) is 8.95. The highest BCUT2D eigenvalue weighted by Gasteiger charge is 2.59. The molecule has 1 aliphatic heterocycles. The fraction of sp³-hybridized carbons (Fsp3) is 0.167. The van der Waals surface area contributed by atoms with Crippen LogP contribution in [0.15, 0.2) is 60.0 Å². The van der Waals surface area contributed by atoms with Crippen molar-refractivity contribution in [2.24, 2.45) is 0 Å². The number of thioether (sulfide) groups is 1. The van der Waals surface area contributed by atoms with E-state index in [9.17, 15) is 4.39 Å². The summed E-state index contributed by atoms with van der Waals surface area (Å²) < 4.78 is 21.5. The molecule has 2 unspecified atom stereocenters. The van der Waals surface area contributed by atoms with E-state index in [-0.39, 0.29) is 18.5 Å². The first-order chi connectivity index (χ1) is 12.6. The van der Waals surface area contributed by atoms with E-state index in [0.29, 0.717) is 15.7 Å². The summed E-state index contributed by atoms with van der Waals surface area (Å²) in [6.07, 6.45) is 1.04. The smallest absolute Gasteiger partial charge is 0.200 e. The van der Waals surface area contributed by atoms with Crippen LogP contribution in [-0.4, -0.2) is 14.8 Å². The van der Waals surface area contributed by atoms with Crippen LogP contribution in [-0.2, 0) is 16.9 Å². The summed E-state index contributed by atoms with van der Waals surface area (Å²) >= 11 is 7.25. The number of aromatic nitrogens is 3. The van der Waals surface area contributed by atoms with Crippen molar-refractivity contribution in [2.45, 2.75) is 23.4 Å². The van der Waals surface area contributed by atoms with Crippen LogP contribution in [0.25, 0.3) is 0 Å². The van der Waals surface area contributed by atoms with Crippen molar-refractivity contribution in [1.82, 2.24) is 14.8 Å². The molecule has 0 saturated carbocycles. The standard InChI is InChI=1S/C18H12ClFN4OS/c19-15-7-2-1-6-14(15)16-18(25-16,12-4-3-5-13(20)8-12)9-24-17(26-10-21)22-11-23-24/h1-8,11,16H,9H2. The molecular weight excluding hydrogens is 375 g/mol. The van der Waals surface area contributed by atoms with Gasteiger partial charge in [0.25, 0.3) is 0 Å². The highest BCUT2D eigenvalue weighted by Crippen LogP contribution is 2.59. The SMILES string of the molecule is N#CSc1ncnn1CC1(c2cccc(F)c2)OC1c1ccccc1Cl. The third kappa shape index (κ3) is 2.97. The van der Waals surface area contributed by atoms with Gasteiger partial charge < -0.3 is 4.74 Å². The molecule has 1 aromatic heterocycles. The summed E-state index contributed by atoms with van der Waals surface area (Å²) in [5.41, 5.74) is 0.685. The highest BCUT2D eigenvalue weighted by atomic mass is 35.5. The van der Waals surface area contributed by atoms with Crippen LogP contribution in [0.3, 0.4) is 0 Å². The Morgan fingerprint density at radius 1 is 1.31 bits per heavy atom. The van der Waals surface area contributed by atoms with Crippen molar-refractivity contribution in [3.63, 3.8) is 0 Å². The lowest BCUT2D eigenvalue weighted by Crippen LogP contribution is -2.20. The van der Waals surface area contributed by atoms with Crippen LogP contribution >= 0.6 is 23.4 Å². The molecule has 0 spiro atoms. The van der Waals surface area contributed by atoms with Gasteiger partial charge in [-0.2, -0.15) is 10.4 Å². The van der Waals surface area contributed by atoms with E-state index in [1.54, 1.807) is 16.8 Å². The zero-order valence-corrected chi connectivity index (χ0v) is 14.9. The largest absolute Gasteiger partial charge is 0.354 e. The third-order valence-corrected chi connectivity index (χ3v) is 5.23. The van der Waals surface area contributed by atoms with E-state index in [1.807, 2.05) is 29.7 Å². The van der Waals surface area contributed by atoms with Crippen molar-refractivity contribution >= 4 is 23.4 Å². The van der Waals surface area contributed by atoms with E-state index in [2.05, 4.69) is 10.1 Å². The lowest BCUT2D eigenvalue weighted by Gasteiger charge is -2.15. The molecule has 8 heteroatoms. The van der Waals surface area contributed by atoms with Crippen molar-refractivity contribution in [2.75, 3.05) is 0 Å². The number of ether oxygens (including phenoxy) is 1. The van der Waals surface area contributed by atoms with E-state index >= 15 is 0 Å². The summed E-state index contributed by atoms with van der Waals surface area (Å²) in [6, 6.07) is 13.7. The van der Waals surface area contributed by atoms with Crippen molar-refractivity contribution in [3.8, 4) is 5.40 Å². The molecule has 1 aliphatic rings. The number of thiocyanates is 1. The Hall–Kier alpha value is -2.40. The second kappa shape index (κ2) is 6.72. The number of halogens is 2. The van der Waals surface area contributed by atoms with Gasteiger partial charge in [-0.25, -0.2) is 14.1 Å². The molecule has 2 atom stereocenters. The van der Waals surface area contributed by atoms with E-state index < -0.39 is 5.60 Å². The Balaban J connectivity index is 1.76. The number of rotatable bonds is 5. The van der Waals surface area contributed by atoms with Crippen LogP contribution in [0.1, 0.15) is 17.2 Å². The summed E-state index contributed by atoms with van der Waals surface area (Å²) in [5.74, 6) is -0.347. The molecule has 0 amide bonds. The van der Waals surface area contributed by atoms with E-state index in [0.717, 1.165) is 17.3 Å². The second-order valence-corrected chi connectivity index (χ2v) is 6.97. The predicted molar refractivity (Wildman–Crippen MR) is 94.8 cm³/mol. The maximum absolute atomic E-state index is 13.8. The molecule has 4 rings (SSSR count). The van der Waals surface area contributed by atoms with Crippen LogP contribution < -0.4 is 0 Å². The summed E-state index contributed by atoms with van der Waals surface area (Å²) in [7, 11) is 0. The van der Waals surface area contributed by atoms with Gasteiger partial charge in [0.1, 0.15) is 29.3 Å². The Morgan fingerprint density at radius 3 is 2.92 bits per heavy atom. The molecule has 3 aromatic rings. The highest BCUT2D eigenvalue weighted by molar-refractivity contribution is 8.03. The van der Waals surface area contributed by atoms with E-state index in [4.69, 9.17) is 21.6 Å². The van der Waals surface area contributed by atoms with Gasteiger partial charge in [-0.1, -0.05) is 41.9 Å². The second-order valence-electron chi connectivity index (χ2n) is 5.81. The van der Waals surface area contributed by atoms with Gasteiger partial charge in [-0.05, 0) is 23.8 Å². The van der Waals surface area contributed by atoms with Gasteiger partial charge in [0, 0.05) is 22.3 Å². The number of hydrogen-bond donors (Lipinski definition) is 0. The number of nitriles is 1. The number of hydrogen-bond acceptors (Lipinski definition) is 5. The molecule has 2 aromatic carbocycles. The first-order valence-electron chi connectivity index (χ1n) is 7.76. The predicted octanol–water partition coefficient (Wildman–Crippen LogP) is 4.31. The summed E-state index contributed by atoms with van der Waals surface area (Å²) in [4.78, 5) is 4.08. The van der Waals surface area contributed by atoms with E-state index in [1.165, 1.54) is 18.5 Å². The molecule has 0 aliphatic carbocycles. The monoisotopic (exact) mass is 386 g/mol. The fourth-order valence-corrected chi connectivity index (χ4v) is 3.70. The van der Waals surface area contributed by atoms with Gasteiger partial charge >= 0.3 is 0 Å². The molecule has 130 valence electrons. The van der Waals surface area contributed by atoms with Crippen LogP contribution in [0.2, 0.25) is 5.02 Å². The Morgan fingerprint density at radius 2 is 2.15 bits per heavy atom. The Kier molecular flexibility index (Phi) is 4.41. The van der Waals surface area contributed by atoms with Gasteiger partial charge in [0.2, 0.25) is 5.16 Å². The number of nitrogens with zero attached hydrogens (tertiary/aromatic N) is 4. The van der Waals surface area contributed by atoms with Crippen molar-refractivity contribution < 1.29 is 9.13 Å². The molecule has 1 fully saturated rings. The van der Waals surface area contributed by atoms with Gasteiger partial charge in [0.15, 0.2) is 0 Å². The number of epoxide rings is 1. The van der Waals surface area contributed by atoms with Crippen LogP contribution in [0.5, 0.6) is 0 Å². The first kappa shape index (κ1) is 17.0. The average molecular weight is 387 g/mol. The molecule has 0 radical (unpaired) electrons. The summed E-state index contributed by atoms with van der Waals surface area (Å²) in [5, 5.41) is 16.1. The quantitative estimate of drug-likeness (QED) is 0.371. The zero-order valence-electron chi connectivity index (χ0n) is 13.3. The topological polar surface area (TPSA) is 67.0 Å². The Bertz CT molecular complexity index is 1000. The fourth-order valence-electron chi connectivity index (χ4n) is 3.07. The molecule has 26 heavy (non-hydrogen) atoms. The number of benzene rings is 2. The Labute approximate surface area is 158 Å². The lowest BCUT2D eigenvalue weighted by atomic mass is 9.91. The van der Waals surface area contributed by atoms with Crippen molar-refractivity contribution in [3.05, 3.63) is 76.8 Å². The molecule has 5 nitrogen and oxygen atoms in total.